The number of hydrogen-bond donors (Lipinski definition) is 4. The fourth-order valence-corrected chi connectivity index (χ4v) is 2.51. The Morgan fingerprint density at radius 1 is 0.821 bits per heavy atom. The lowest BCUT2D eigenvalue weighted by Gasteiger charge is -2.09. The molecule has 0 aliphatic rings. The third-order valence-corrected chi connectivity index (χ3v) is 4.05. The fraction of sp³-hybridized carbons (Fsp3) is 0.0952. The van der Waals surface area contributed by atoms with Crippen molar-refractivity contribution in [3.05, 3.63) is 89.6 Å². The van der Waals surface area contributed by atoms with Crippen molar-refractivity contribution in [1.82, 2.24) is 15.6 Å². The lowest BCUT2D eigenvalue weighted by molar-refractivity contribution is 0.102. The van der Waals surface area contributed by atoms with Crippen molar-refractivity contribution in [3.8, 4) is 0 Å². The molecule has 28 heavy (non-hydrogen) atoms. The van der Waals surface area contributed by atoms with Crippen LogP contribution in [0.25, 0.3) is 0 Å². The zero-order chi connectivity index (χ0) is 19.8. The first kappa shape index (κ1) is 18.9. The first-order valence-corrected chi connectivity index (χ1v) is 8.78. The summed E-state index contributed by atoms with van der Waals surface area (Å²) in [5, 5.41) is 8.31. The van der Waals surface area contributed by atoms with Gasteiger partial charge in [-0.25, -0.2) is 9.78 Å². The number of rotatable bonds is 6. The van der Waals surface area contributed by atoms with Gasteiger partial charge in [0, 0.05) is 24.8 Å². The number of pyridine rings is 1. The number of carbonyl (C=O) groups excluding carboxylic acids is 2. The molecule has 0 saturated heterocycles. The van der Waals surface area contributed by atoms with Crippen LogP contribution in [0.4, 0.5) is 16.3 Å². The standard InChI is InChI=1S/C21H21N5O2/c22-19-18(7-4-12-23-19)26-20(27)17-10-8-16(9-11-17)14-25-21(28)24-13-15-5-2-1-3-6-15/h1-12H,13-14H2,(H2,22,23)(H,26,27)(H2,24,25,28). The molecule has 0 aliphatic heterocycles. The van der Waals surface area contributed by atoms with Gasteiger partial charge in [0.1, 0.15) is 5.82 Å². The second-order valence-electron chi connectivity index (χ2n) is 6.11. The monoisotopic (exact) mass is 375 g/mol. The molecular formula is C21H21N5O2. The van der Waals surface area contributed by atoms with Gasteiger partial charge in [0.05, 0.1) is 5.69 Å². The second-order valence-corrected chi connectivity index (χ2v) is 6.11. The Morgan fingerprint density at radius 3 is 2.11 bits per heavy atom. The van der Waals surface area contributed by atoms with E-state index >= 15 is 0 Å². The minimum Gasteiger partial charge on any atom is -0.382 e. The number of benzene rings is 2. The van der Waals surface area contributed by atoms with E-state index in [1.807, 2.05) is 30.3 Å². The van der Waals surface area contributed by atoms with Crippen molar-refractivity contribution in [2.75, 3.05) is 11.1 Å². The molecule has 142 valence electrons. The Kier molecular flexibility index (Phi) is 6.20. The maximum absolute atomic E-state index is 12.3. The number of amides is 3. The lowest BCUT2D eigenvalue weighted by atomic mass is 10.1. The van der Waals surface area contributed by atoms with Gasteiger partial charge in [-0.15, -0.1) is 0 Å². The van der Waals surface area contributed by atoms with Gasteiger partial charge in [0.15, 0.2) is 0 Å². The van der Waals surface area contributed by atoms with Crippen molar-refractivity contribution in [2.45, 2.75) is 13.1 Å². The highest BCUT2D eigenvalue weighted by atomic mass is 16.2. The highest BCUT2D eigenvalue weighted by Crippen LogP contribution is 2.15. The molecule has 0 spiro atoms. The van der Waals surface area contributed by atoms with Crippen molar-refractivity contribution >= 4 is 23.4 Å². The Morgan fingerprint density at radius 2 is 1.46 bits per heavy atom. The number of urea groups is 1. The van der Waals surface area contributed by atoms with Crippen molar-refractivity contribution in [1.29, 1.82) is 0 Å². The van der Waals surface area contributed by atoms with E-state index in [1.165, 1.54) is 0 Å². The predicted octanol–water partition coefficient (Wildman–Crippen LogP) is 2.92. The van der Waals surface area contributed by atoms with E-state index in [2.05, 4.69) is 20.9 Å². The molecule has 3 amide bonds. The minimum atomic E-state index is -0.278. The van der Waals surface area contributed by atoms with Crippen molar-refractivity contribution in [3.63, 3.8) is 0 Å². The Bertz CT molecular complexity index is 943. The average molecular weight is 375 g/mol. The van der Waals surface area contributed by atoms with Crippen LogP contribution in [0.5, 0.6) is 0 Å². The smallest absolute Gasteiger partial charge is 0.315 e. The van der Waals surface area contributed by atoms with Crippen LogP contribution in [0.15, 0.2) is 72.9 Å². The van der Waals surface area contributed by atoms with E-state index in [0.717, 1.165) is 11.1 Å². The van der Waals surface area contributed by atoms with Crippen molar-refractivity contribution in [2.24, 2.45) is 0 Å². The SMILES string of the molecule is Nc1ncccc1NC(=O)c1ccc(CNC(=O)NCc2ccccc2)cc1. The van der Waals surface area contributed by atoms with E-state index < -0.39 is 0 Å². The number of nitrogen functional groups attached to an aromatic ring is 1. The normalized spacial score (nSPS) is 10.1. The summed E-state index contributed by atoms with van der Waals surface area (Å²) in [6.45, 7) is 0.821. The number of nitrogens with zero attached hydrogens (tertiary/aromatic N) is 1. The number of hydrogen-bond acceptors (Lipinski definition) is 4. The van der Waals surface area contributed by atoms with Crippen LogP contribution < -0.4 is 21.7 Å². The Hall–Kier alpha value is -3.87. The maximum Gasteiger partial charge on any atom is 0.315 e. The third kappa shape index (κ3) is 5.31. The van der Waals surface area contributed by atoms with Gasteiger partial charge in [-0.05, 0) is 35.4 Å². The molecule has 0 atom stereocenters. The fourth-order valence-electron chi connectivity index (χ4n) is 2.51. The highest BCUT2D eigenvalue weighted by Gasteiger charge is 2.08. The summed E-state index contributed by atoms with van der Waals surface area (Å²) in [5.41, 5.74) is 8.59. The van der Waals surface area contributed by atoms with Crippen LogP contribution in [-0.4, -0.2) is 16.9 Å². The molecule has 0 fully saturated rings. The number of nitrogens with two attached hydrogens (primary N) is 1. The minimum absolute atomic E-state index is 0.252. The van der Waals surface area contributed by atoms with Gasteiger partial charge >= 0.3 is 6.03 Å². The van der Waals surface area contributed by atoms with Crippen LogP contribution in [-0.2, 0) is 13.1 Å². The molecule has 2 aromatic carbocycles. The molecule has 0 aliphatic carbocycles. The number of carbonyl (C=O) groups is 2. The van der Waals surface area contributed by atoms with Crippen LogP contribution in [0, 0.1) is 0 Å². The van der Waals surface area contributed by atoms with E-state index in [4.69, 9.17) is 5.73 Å². The van der Waals surface area contributed by atoms with Crippen LogP contribution in [0.1, 0.15) is 21.5 Å². The zero-order valence-corrected chi connectivity index (χ0v) is 15.2. The van der Waals surface area contributed by atoms with Gasteiger partial charge in [0.2, 0.25) is 0 Å². The molecule has 0 saturated carbocycles. The van der Waals surface area contributed by atoms with E-state index in [-0.39, 0.29) is 17.8 Å². The largest absolute Gasteiger partial charge is 0.382 e. The maximum atomic E-state index is 12.3. The summed E-state index contributed by atoms with van der Waals surface area (Å²) in [5.74, 6) is -0.0157. The Labute approximate surface area is 163 Å². The van der Waals surface area contributed by atoms with Gasteiger partial charge in [0.25, 0.3) is 5.91 Å². The molecule has 1 aromatic heterocycles. The first-order valence-electron chi connectivity index (χ1n) is 8.78. The van der Waals surface area contributed by atoms with Gasteiger partial charge < -0.3 is 21.7 Å². The molecule has 3 rings (SSSR count). The number of nitrogens with one attached hydrogen (secondary N) is 3. The van der Waals surface area contributed by atoms with Gasteiger partial charge in [-0.1, -0.05) is 42.5 Å². The molecule has 0 bridgehead atoms. The molecule has 7 nitrogen and oxygen atoms in total. The average Bonchev–Trinajstić information content (AvgIpc) is 2.73. The summed E-state index contributed by atoms with van der Waals surface area (Å²) in [7, 11) is 0. The second kappa shape index (κ2) is 9.18. The molecular weight excluding hydrogens is 354 g/mol. The summed E-state index contributed by atoms with van der Waals surface area (Å²) in [4.78, 5) is 28.1. The first-order chi connectivity index (χ1) is 13.6. The van der Waals surface area contributed by atoms with Crippen molar-refractivity contribution < 1.29 is 9.59 Å². The zero-order valence-electron chi connectivity index (χ0n) is 15.2. The molecule has 5 N–H and O–H groups in total. The summed E-state index contributed by atoms with van der Waals surface area (Å²) in [6, 6.07) is 19.8. The quantitative estimate of drug-likeness (QED) is 0.531. The number of aromatic nitrogens is 1. The molecule has 7 heteroatoms. The topological polar surface area (TPSA) is 109 Å². The highest BCUT2D eigenvalue weighted by molar-refractivity contribution is 6.05. The molecule has 0 radical (unpaired) electrons. The molecule has 1 heterocycles. The van der Waals surface area contributed by atoms with Crippen LogP contribution in [0.2, 0.25) is 0 Å². The van der Waals surface area contributed by atoms with Crippen LogP contribution in [0.3, 0.4) is 0 Å². The third-order valence-electron chi connectivity index (χ3n) is 4.05. The van der Waals surface area contributed by atoms with E-state index in [9.17, 15) is 9.59 Å². The number of anilines is 2. The van der Waals surface area contributed by atoms with Gasteiger partial charge in [-0.2, -0.15) is 0 Å². The molecule has 3 aromatic rings. The van der Waals surface area contributed by atoms with Crippen LogP contribution >= 0.6 is 0 Å². The molecule has 0 unspecified atom stereocenters. The predicted molar refractivity (Wildman–Crippen MR) is 109 cm³/mol. The summed E-state index contributed by atoms with van der Waals surface area (Å²) in [6.07, 6.45) is 1.56. The summed E-state index contributed by atoms with van der Waals surface area (Å²) < 4.78 is 0. The van der Waals surface area contributed by atoms with Gasteiger partial charge in [-0.3, -0.25) is 4.79 Å². The lowest BCUT2D eigenvalue weighted by Crippen LogP contribution is -2.34. The van der Waals surface area contributed by atoms with E-state index in [1.54, 1.807) is 42.6 Å². The summed E-state index contributed by atoms with van der Waals surface area (Å²) >= 11 is 0. The Balaban J connectivity index is 1.48. The van der Waals surface area contributed by atoms with E-state index in [0.29, 0.717) is 24.3 Å².